The van der Waals surface area contributed by atoms with Crippen molar-refractivity contribution in [3.63, 3.8) is 0 Å². The third kappa shape index (κ3) is 4.53. The summed E-state index contributed by atoms with van der Waals surface area (Å²) in [5, 5.41) is 18.0. The highest BCUT2D eigenvalue weighted by Gasteiger charge is 2.33. The van der Waals surface area contributed by atoms with Crippen molar-refractivity contribution in [2.24, 2.45) is 0 Å². The average molecular weight is 226 g/mol. The molecule has 0 rings (SSSR count). The van der Waals surface area contributed by atoms with E-state index in [1.54, 1.807) is 0 Å². The van der Waals surface area contributed by atoms with Crippen LogP contribution < -0.4 is 0 Å². The van der Waals surface area contributed by atoms with Gasteiger partial charge < -0.3 is 19.3 Å². The van der Waals surface area contributed by atoms with Crippen LogP contribution in [0.4, 0.5) is 0 Å². The Bertz CT molecular complexity index is 173. The van der Waals surface area contributed by atoms with Crippen LogP contribution in [0.1, 0.15) is 26.7 Å². The highest BCUT2D eigenvalue weighted by molar-refractivity contribution is 7.54. The Morgan fingerprint density at radius 3 is 1.93 bits per heavy atom. The maximum absolute atomic E-state index is 11.8. The van der Waals surface area contributed by atoms with Gasteiger partial charge in [0.25, 0.3) is 0 Å². The van der Waals surface area contributed by atoms with Gasteiger partial charge >= 0.3 is 7.60 Å². The summed E-state index contributed by atoms with van der Waals surface area (Å²) in [4.78, 5) is 0. The first-order valence-electron chi connectivity index (χ1n) is 4.78. The van der Waals surface area contributed by atoms with Crippen molar-refractivity contribution in [1.82, 2.24) is 0 Å². The van der Waals surface area contributed by atoms with E-state index in [9.17, 15) is 9.67 Å². The van der Waals surface area contributed by atoms with Gasteiger partial charge in [0.15, 0.2) is 5.85 Å². The molecule has 5 nitrogen and oxygen atoms in total. The first-order chi connectivity index (χ1) is 6.60. The maximum atomic E-state index is 11.8. The van der Waals surface area contributed by atoms with Gasteiger partial charge in [0.1, 0.15) is 0 Å². The van der Waals surface area contributed by atoms with Gasteiger partial charge in [0.05, 0.1) is 19.8 Å². The topological polar surface area (TPSA) is 76.0 Å². The molecular formula is C8H19O5P. The van der Waals surface area contributed by atoms with E-state index in [0.29, 0.717) is 12.8 Å². The number of aliphatic hydroxyl groups is 2. The molecule has 1 atom stereocenters. The number of hydrogen-bond donors (Lipinski definition) is 2. The normalized spacial score (nSPS) is 14.3. The fourth-order valence-corrected chi connectivity index (χ4v) is 2.24. The van der Waals surface area contributed by atoms with Gasteiger partial charge in [-0.15, -0.1) is 0 Å². The first kappa shape index (κ1) is 14.1. The van der Waals surface area contributed by atoms with Gasteiger partial charge in [-0.1, -0.05) is 13.8 Å². The van der Waals surface area contributed by atoms with Crippen molar-refractivity contribution < 1.29 is 23.8 Å². The van der Waals surface area contributed by atoms with Crippen molar-refractivity contribution >= 4 is 7.60 Å². The molecule has 1 unspecified atom stereocenters. The average Bonchev–Trinajstić information content (AvgIpc) is 2.22. The molecule has 0 aromatic carbocycles. The number of rotatable bonds is 8. The van der Waals surface area contributed by atoms with Gasteiger partial charge in [-0.2, -0.15) is 0 Å². The van der Waals surface area contributed by atoms with Gasteiger partial charge in [0, 0.05) is 0 Å². The second-order valence-electron chi connectivity index (χ2n) is 2.87. The van der Waals surface area contributed by atoms with E-state index >= 15 is 0 Å². The molecule has 0 aliphatic carbocycles. The molecule has 0 aromatic heterocycles. The van der Waals surface area contributed by atoms with E-state index in [0.717, 1.165) is 0 Å². The Morgan fingerprint density at radius 1 is 1.21 bits per heavy atom. The molecule has 0 aliphatic rings. The van der Waals surface area contributed by atoms with Crippen LogP contribution >= 0.6 is 7.60 Å². The molecule has 0 aliphatic heterocycles. The van der Waals surface area contributed by atoms with E-state index in [-0.39, 0.29) is 13.2 Å². The lowest BCUT2D eigenvalue weighted by molar-refractivity contribution is 0.0995. The lowest BCUT2D eigenvalue weighted by atomic mass is 10.5. The predicted molar refractivity (Wildman–Crippen MR) is 53.2 cm³/mol. The summed E-state index contributed by atoms with van der Waals surface area (Å²) >= 11 is 0. The second-order valence-corrected chi connectivity index (χ2v) is 5.06. The Balaban J connectivity index is 4.25. The molecule has 0 spiro atoms. The zero-order chi connectivity index (χ0) is 11.0. The van der Waals surface area contributed by atoms with Crippen molar-refractivity contribution in [1.29, 1.82) is 0 Å². The smallest absolute Gasteiger partial charge is 0.361 e. The maximum Gasteiger partial charge on any atom is 0.361 e. The van der Waals surface area contributed by atoms with E-state index in [4.69, 9.17) is 14.2 Å². The standard InChI is InChI=1S/C8H19O5P/c1-3-5-12-14(11,8(10)7-9)13-6-4-2/h8-10H,3-7H2,1-2H3. The van der Waals surface area contributed by atoms with Crippen LogP contribution in [-0.2, 0) is 13.6 Å². The van der Waals surface area contributed by atoms with Gasteiger partial charge in [0.2, 0.25) is 0 Å². The van der Waals surface area contributed by atoms with Crippen LogP contribution in [0.2, 0.25) is 0 Å². The Labute approximate surface area is 84.6 Å². The Hall–Kier alpha value is 0.0700. The van der Waals surface area contributed by atoms with E-state index < -0.39 is 20.0 Å². The summed E-state index contributed by atoms with van der Waals surface area (Å²) in [6.07, 6.45) is 1.36. The third-order valence-corrected chi connectivity index (χ3v) is 3.46. The van der Waals surface area contributed by atoms with Crippen molar-refractivity contribution in [2.45, 2.75) is 32.5 Å². The molecule has 0 saturated carbocycles. The fourth-order valence-electron chi connectivity index (χ4n) is 0.746. The van der Waals surface area contributed by atoms with Crippen molar-refractivity contribution in [3.8, 4) is 0 Å². The minimum absolute atomic E-state index is 0.248. The quantitative estimate of drug-likeness (QED) is 0.611. The SMILES string of the molecule is CCCOP(=O)(OCCC)C(O)CO. The molecule has 0 radical (unpaired) electrons. The molecule has 0 fully saturated rings. The lowest BCUT2D eigenvalue weighted by Crippen LogP contribution is -2.17. The number of aliphatic hydroxyl groups excluding tert-OH is 2. The fraction of sp³-hybridized carbons (Fsp3) is 1.00. The highest BCUT2D eigenvalue weighted by Crippen LogP contribution is 2.51. The molecule has 14 heavy (non-hydrogen) atoms. The zero-order valence-corrected chi connectivity index (χ0v) is 9.57. The highest BCUT2D eigenvalue weighted by atomic mass is 31.2. The van der Waals surface area contributed by atoms with Crippen LogP contribution in [0.3, 0.4) is 0 Å². The molecule has 86 valence electrons. The number of hydrogen-bond acceptors (Lipinski definition) is 5. The van der Waals surface area contributed by atoms with Crippen LogP contribution in [0.25, 0.3) is 0 Å². The molecule has 0 bridgehead atoms. The van der Waals surface area contributed by atoms with Crippen LogP contribution in [-0.4, -0.2) is 35.9 Å². The van der Waals surface area contributed by atoms with Gasteiger partial charge in [-0.3, -0.25) is 4.57 Å². The Morgan fingerprint density at radius 2 is 1.64 bits per heavy atom. The summed E-state index contributed by atoms with van der Waals surface area (Å²) in [7, 11) is -3.54. The molecule has 0 saturated heterocycles. The zero-order valence-electron chi connectivity index (χ0n) is 8.68. The van der Waals surface area contributed by atoms with Gasteiger partial charge in [-0.25, -0.2) is 0 Å². The van der Waals surface area contributed by atoms with E-state index in [1.807, 2.05) is 13.8 Å². The summed E-state index contributed by atoms with van der Waals surface area (Å²) < 4.78 is 21.7. The molecule has 2 N–H and O–H groups in total. The van der Waals surface area contributed by atoms with Crippen LogP contribution in [0.5, 0.6) is 0 Å². The molecule has 0 aromatic rings. The Kier molecular flexibility index (Phi) is 7.41. The van der Waals surface area contributed by atoms with Gasteiger partial charge in [-0.05, 0) is 12.8 Å². The van der Waals surface area contributed by atoms with E-state index in [1.165, 1.54) is 0 Å². The third-order valence-electron chi connectivity index (χ3n) is 1.48. The molecule has 0 heterocycles. The minimum atomic E-state index is -3.54. The van der Waals surface area contributed by atoms with Crippen molar-refractivity contribution in [2.75, 3.05) is 19.8 Å². The summed E-state index contributed by atoms with van der Waals surface area (Å²) in [6.45, 7) is 3.59. The lowest BCUT2D eigenvalue weighted by Gasteiger charge is -2.21. The second kappa shape index (κ2) is 7.37. The monoisotopic (exact) mass is 226 g/mol. The largest absolute Gasteiger partial charge is 0.393 e. The van der Waals surface area contributed by atoms with E-state index in [2.05, 4.69) is 0 Å². The summed E-state index contributed by atoms with van der Waals surface area (Å²) in [5.74, 6) is -1.44. The molecule has 6 heteroatoms. The minimum Gasteiger partial charge on any atom is -0.393 e. The molecular weight excluding hydrogens is 207 g/mol. The first-order valence-corrected chi connectivity index (χ1v) is 6.39. The summed E-state index contributed by atoms with van der Waals surface area (Å²) in [6, 6.07) is 0. The summed E-state index contributed by atoms with van der Waals surface area (Å²) in [5.41, 5.74) is 0. The predicted octanol–water partition coefficient (Wildman–Crippen LogP) is 1.34. The van der Waals surface area contributed by atoms with Crippen molar-refractivity contribution in [3.05, 3.63) is 0 Å². The van der Waals surface area contributed by atoms with Crippen LogP contribution in [0, 0.1) is 0 Å². The van der Waals surface area contributed by atoms with Crippen LogP contribution in [0.15, 0.2) is 0 Å². The molecule has 0 amide bonds.